The van der Waals surface area contributed by atoms with Gasteiger partial charge in [0.2, 0.25) is 0 Å². The van der Waals surface area contributed by atoms with Gasteiger partial charge in [-0.2, -0.15) is 5.10 Å². The second-order valence-corrected chi connectivity index (χ2v) is 8.54. The third-order valence-corrected chi connectivity index (χ3v) is 6.48. The highest BCUT2D eigenvalue weighted by molar-refractivity contribution is 7.10. The third-order valence-electron chi connectivity index (χ3n) is 5.48. The van der Waals surface area contributed by atoms with Crippen LogP contribution in [0, 0.1) is 6.92 Å². The van der Waals surface area contributed by atoms with Crippen LogP contribution in [0.2, 0.25) is 0 Å². The zero-order valence-electron chi connectivity index (χ0n) is 15.6. The number of rotatable bonds is 4. The van der Waals surface area contributed by atoms with Crippen molar-refractivity contribution >= 4 is 17.2 Å². The summed E-state index contributed by atoms with van der Waals surface area (Å²) < 4.78 is 8.22. The Morgan fingerprint density at radius 3 is 3.00 bits per heavy atom. The number of hydrogen-bond donors (Lipinski definition) is 1. The largest absolute Gasteiger partial charge is 0.361 e. The van der Waals surface area contributed by atoms with Crippen LogP contribution in [0.5, 0.6) is 0 Å². The Morgan fingerprint density at radius 1 is 1.46 bits per heavy atom. The number of hydrogen-bond acceptors (Lipinski definition) is 5. The van der Waals surface area contributed by atoms with Gasteiger partial charge in [0.1, 0.15) is 0 Å². The Labute approximate surface area is 158 Å². The summed E-state index contributed by atoms with van der Waals surface area (Å²) in [6.07, 6.45) is 1.83. The van der Waals surface area contributed by atoms with Crippen LogP contribution < -0.4 is 5.32 Å². The van der Waals surface area contributed by atoms with Crippen LogP contribution in [-0.4, -0.2) is 52.4 Å². The number of likely N-dealkylation sites (tertiary alicyclic amines) is 1. The lowest BCUT2D eigenvalue weighted by molar-refractivity contribution is -0.155. The summed E-state index contributed by atoms with van der Waals surface area (Å²) in [6, 6.07) is 4.44. The summed E-state index contributed by atoms with van der Waals surface area (Å²) in [4.78, 5) is 16.6. The summed E-state index contributed by atoms with van der Waals surface area (Å²) >= 11 is 1.78. The minimum atomic E-state index is -0.823. The molecular weight excluding hydrogens is 348 g/mol. The van der Waals surface area contributed by atoms with Gasteiger partial charge in [0.05, 0.1) is 12.5 Å². The molecule has 0 radical (unpaired) electrons. The molecule has 0 aliphatic carbocycles. The van der Waals surface area contributed by atoms with E-state index < -0.39 is 5.60 Å². The summed E-state index contributed by atoms with van der Waals surface area (Å²) in [5, 5.41) is 9.65. The summed E-state index contributed by atoms with van der Waals surface area (Å²) in [7, 11) is 0. The zero-order valence-corrected chi connectivity index (χ0v) is 16.4. The van der Waals surface area contributed by atoms with E-state index in [9.17, 15) is 4.79 Å². The lowest BCUT2D eigenvalue weighted by Gasteiger charge is -2.37. The fourth-order valence-electron chi connectivity index (χ4n) is 4.16. The van der Waals surface area contributed by atoms with E-state index in [2.05, 4.69) is 47.5 Å². The molecule has 26 heavy (non-hydrogen) atoms. The van der Waals surface area contributed by atoms with Gasteiger partial charge in [0, 0.05) is 49.0 Å². The molecule has 0 bridgehead atoms. The summed E-state index contributed by atoms with van der Waals surface area (Å²) in [5.74, 6) is -0.0105. The van der Waals surface area contributed by atoms with Crippen LogP contribution in [0.1, 0.15) is 41.9 Å². The van der Waals surface area contributed by atoms with Crippen molar-refractivity contribution in [3.05, 3.63) is 39.8 Å². The number of aryl methyl sites for hydroxylation is 1. The molecule has 2 atom stereocenters. The Morgan fingerprint density at radius 2 is 2.31 bits per heavy atom. The van der Waals surface area contributed by atoms with Crippen LogP contribution in [0.3, 0.4) is 0 Å². The van der Waals surface area contributed by atoms with E-state index in [-0.39, 0.29) is 17.9 Å². The van der Waals surface area contributed by atoms with E-state index in [0.717, 1.165) is 18.8 Å². The Kier molecular flexibility index (Phi) is 4.62. The number of thiophene rings is 1. The molecular formula is C19H26N4O2S. The maximum atomic E-state index is 12.9. The molecule has 2 aliphatic rings. The Balaban J connectivity index is 1.68. The summed E-state index contributed by atoms with van der Waals surface area (Å²) in [5.41, 5.74) is 1.58. The highest BCUT2D eigenvalue weighted by atomic mass is 32.1. The average Bonchev–Trinajstić information content (AvgIpc) is 3.31. The third kappa shape index (κ3) is 2.88. The number of amides is 1. The van der Waals surface area contributed by atoms with Gasteiger partial charge >= 0.3 is 0 Å². The van der Waals surface area contributed by atoms with Crippen LogP contribution in [0.4, 0.5) is 0 Å². The van der Waals surface area contributed by atoms with E-state index in [0.29, 0.717) is 19.7 Å². The van der Waals surface area contributed by atoms with Gasteiger partial charge in [-0.25, -0.2) is 0 Å². The monoisotopic (exact) mass is 374 g/mol. The highest BCUT2D eigenvalue weighted by Crippen LogP contribution is 2.41. The number of morpholine rings is 1. The van der Waals surface area contributed by atoms with Crippen LogP contribution >= 0.6 is 11.3 Å². The molecule has 4 rings (SSSR count). The van der Waals surface area contributed by atoms with Crippen molar-refractivity contribution in [2.45, 2.75) is 44.9 Å². The molecule has 2 aromatic rings. The van der Waals surface area contributed by atoms with Crippen molar-refractivity contribution in [2.24, 2.45) is 0 Å². The summed E-state index contributed by atoms with van der Waals surface area (Å²) in [6.45, 7) is 9.79. The first-order valence-electron chi connectivity index (χ1n) is 9.22. The number of aromatic nitrogens is 2. The van der Waals surface area contributed by atoms with Crippen molar-refractivity contribution in [2.75, 3.05) is 26.2 Å². The predicted octanol–water partition coefficient (Wildman–Crippen LogP) is 2.32. The SMILES string of the molecule is Cc1ccsc1CN1C[C@H](c2ccnn2C(C)C)[C@@]2(C1)OCCNC2=O. The van der Waals surface area contributed by atoms with Crippen molar-refractivity contribution in [1.29, 1.82) is 0 Å². The van der Waals surface area contributed by atoms with E-state index >= 15 is 0 Å². The molecule has 7 heteroatoms. The first-order chi connectivity index (χ1) is 12.5. The smallest absolute Gasteiger partial charge is 0.254 e. The van der Waals surface area contributed by atoms with Gasteiger partial charge in [-0.1, -0.05) is 0 Å². The maximum absolute atomic E-state index is 12.9. The van der Waals surface area contributed by atoms with Crippen LogP contribution in [-0.2, 0) is 16.1 Å². The standard InChI is InChI=1S/C19H26N4O2S/c1-13(2)23-16(4-6-21-23)15-10-22(11-17-14(3)5-9-26-17)12-19(15)18(24)20-7-8-25-19/h4-6,9,13,15H,7-8,10-12H2,1-3H3,(H,20,24)/t15-,19-/m1/s1. The first kappa shape index (κ1) is 17.7. The van der Waals surface area contributed by atoms with Crippen molar-refractivity contribution in [3.63, 3.8) is 0 Å². The van der Waals surface area contributed by atoms with Crippen molar-refractivity contribution < 1.29 is 9.53 Å². The molecule has 2 aromatic heterocycles. The average molecular weight is 375 g/mol. The quantitative estimate of drug-likeness (QED) is 0.892. The fraction of sp³-hybridized carbons (Fsp3) is 0.579. The lowest BCUT2D eigenvalue weighted by Crippen LogP contribution is -2.59. The van der Waals surface area contributed by atoms with Gasteiger partial charge < -0.3 is 10.1 Å². The van der Waals surface area contributed by atoms with Gasteiger partial charge in [-0.15, -0.1) is 11.3 Å². The van der Waals surface area contributed by atoms with Crippen molar-refractivity contribution in [1.82, 2.24) is 20.0 Å². The molecule has 140 valence electrons. The molecule has 6 nitrogen and oxygen atoms in total. The van der Waals surface area contributed by atoms with E-state index in [1.165, 1.54) is 10.4 Å². The number of ether oxygens (including phenoxy) is 1. The second kappa shape index (κ2) is 6.79. The maximum Gasteiger partial charge on any atom is 0.254 e. The lowest BCUT2D eigenvalue weighted by atomic mass is 9.86. The molecule has 2 fully saturated rings. The van der Waals surface area contributed by atoms with Gasteiger partial charge in [-0.3, -0.25) is 14.4 Å². The minimum absolute atomic E-state index is 0.00987. The number of nitrogens with zero attached hydrogens (tertiary/aromatic N) is 3. The van der Waals surface area contributed by atoms with E-state index in [1.807, 2.05) is 16.9 Å². The molecule has 1 amide bonds. The van der Waals surface area contributed by atoms with Gasteiger partial charge in [-0.05, 0) is 43.8 Å². The van der Waals surface area contributed by atoms with E-state index in [1.54, 1.807) is 11.3 Å². The van der Waals surface area contributed by atoms with Crippen molar-refractivity contribution in [3.8, 4) is 0 Å². The first-order valence-corrected chi connectivity index (χ1v) is 10.1. The minimum Gasteiger partial charge on any atom is -0.361 e. The predicted molar refractivity (Wildman–Crippen MR) is 101 cm³/mol. The molecule has 2 aliphatic heterocycles. The second-order valence-electron chi connectivity index (χ2n) is 7.54. The number of carbonyl (C=O) groups excluding carboxylic acids is 1. The molecule has 0 unspecified atom stereocenters. The fourth-order valence-corrected chi connectivity index (χ4v) is 5.10. The molecule has 1 N–H and O–H groups in total. The number of carbonyl (C=O) groups is 1. The zero-order chi connectivity index (χ0) is 18.3. The van der Waals surface area contributed by atoms with E-state index in [4.69, 9.17) is 4.74 Å². The Hall–Kier alpha value is -1.70. The molecule has 0 saturated carbocycles. The highest BCUT2D eigenvalue weighted by Gasteiger charge is 2.56. The topological polar surface area (TPSA) is 59.4 Å². The van der Waals surface area contributed by atoms with Gasteiger partial charge in [0.15, 0.2) is 5.60 Å². The molecule has 1 spiro atoms. The van der Waals surface area contributed by atoms with Gasteiger partial charge in [0.25, 0.3) is 5.91 Å². The van der Waals surface area contributed by atoms with Crippen LogP contribution in [0.15, 0.2) is 23.7 Å². The normalized spacial score (nSPS) is 26.8. The molecule has 2 saturated heterocycles. The molecule has 0 aromatic carbocycles. The number of nitrogens with one attached hydrogen (secondary N) is 1. The molecule has 4 heterocycles. The van der Waals surface area contributed by atoms with Crippen LogP contribution in [0.25, 0.3) is 0 Å². The Bertz CT molecular complexity index is 799.